The Kier molecular flexibility index (Phi) is 3.33. The maximum Gasteiger partial charge on any atom is 0.128 e. The lowest BCUT2D eigenvalue weighted by Crippen LogP contribution is -1.97. The molecular formula is C10H13BrO2. The first-order valence-corrected chi connectivity index (χ1v) is 4.84. The second kappa shape index (κ2) is 4.11. The number of hydrogen-bond donors (Lipinski definition) is 1. The lowest BCUT2D eigenvalue weighted by atomic mass is 10.1. The first kappa shape index (κ1) is 10.5. The number of ether oxygens (including phenoxy) is 1. The van der Waals surface area contributed by atoms with E-state index in [0.29, 0.717) is 0 Å². The highest BCUT2D eigenvalue weighted by Crippen LogP contribution is 2.32. The van der Waals surface area contributed by atoms with Crippen LogP contribution in [0.15, 0.2) is 10.5 Å². The number of hydrogen-bond acceptors (Lipinski definition) is 2. The van der Waals surface area contributed by atoms with E-state index in [1.807, 2.05) is 19.9 Å². The van der Waals surface area contributed by atoms with Crippen molar-refractivity contribution in [3.8, 4) is 5.75 Å². The van der Waals surface area contributed by atoms with Crippen LogP contribution in [0.2, 0.25) is 0 Å². The normalized spacial score (nSPS) is 10.2. The molecule has 13 heavy (non-hydrogen) atoms. The topological polar surface area (TPSA) is 29.5 Å². The molecule has 0 fully saturated rings. The highest BCUT2D eigenvalue weighted by atomic mass is 79.9. The summed E-state index contributed by atoms with van der Waals surface area (Å²) in [5, 5.41) is 9.17. The molecule has 0 bridgehead atoms. The van der Waals surface area contributed by atoms with Gasteiger partial charge in [-0.25, -0.2) is 0 Å². The van der Waals surface area contributed by atoms with Gasteiger partial charge in [0.15, 0.2) is 0 Å². The third-order valence-corrected chi connectivity index (χ3v) is 3.14. The van der Waals surface area contributed by atoms with Crippen LogP contribution in [0.3, 0.4) is 0 Å². The van der Waals surface area contributed by atoms with Crippen molar-refractivity contribution in [2.45, 2.75) is 20.5 Å². The van der Waals surface area contributed by atoms with Crippen LogP contribution in [-0.2, 0) is 6.61 Å². The smallest absolute Gasteiger partial charge is 0.128 e. The minimum absolute atomic E-state index is 0.00766. The number of benzene rings is 1. The van der Waals surface area contributed by atoms with E-state index in [9.17, 15) is 0 Å². The third-order valence-electron chi connectivity index (χ3n) is 2.04. The van der Waals surface area contributed by atoms with E-state index in [4.69, 9.17) is 9.84 Å². The zero-order valence-corrected chi connectivity index (χ0v) is 9.60. The molecule has 2 nitrogen and oxygen atoms in total. The quantitative estimate of drug-likeness (QED) is 0.867. The van der Waals surface area contributed by atoms with Crippen LogP contribution in [0, 0.1) is 13.8 Å². The van der Waals surface area contributed by atoms with Crippen molar-refractivity contribution in [3.63, 3.8) is 0 Å². The summed E-state index contributed by atoms with van der Waals surface area (Å²) in [7, 11) is 1.61. The molecule has 1 aromatic rings. The van der Waals surface area contributed by atoms with Crippen LogP contribution < -0.4 is 4.74 Å². The second-order valence-electron chi connectivity index (χ2n) is 2.99. The Morgan fingerprint density at radius 2 is 2.00 bits per heavy atom. The van der Waals surface area contributed by atoms with Crippen LogP contribution in [0.1, 0.15) is 16.7 Å². The average Bonchev–Trinajstić information content (AvgIpc) is 2.10. The lowest BCUT2D eigenvalue weighted by molar-refractivity contribution is 0.272. The van der Waals surface area contributed by atoms with Gasteiger partial charge in [0, 0.05) is 10.0 Å². The van der Waals surface area contributed by atoms with Crippen LogP contribution in [0.4, 0.5) is 0 Å². The summed E-state index contributed by atoms with van der Waals surface area (Å²) in [5.41, 5.74) is 2.98. The highest BCUT2D eigenvalue weighted by molar-refractivity contribution is 9.10. The van der Waals surface area contributed by atoms with E-state index in [1.165, 1.54) is 0 Å². The first-order valence-electron chi connectivity index (χ1n) is 4.05. The Labute approximate surface area is 86.7 Å². The summed E-state index contributed by atoms with van der Waals surface area (Å²) in [6.07, 6.45) is 0. The molecule has 72 valence electrons. The van der Waals surface area contributed by atoms with Gasteiger partial charge in [0.05, 0.1) is 13.7 Å². The molecule has 0 saturated heterocycles. The molecule has 0 aliphatic carbocycles. The van der Waals surface area contributed by atoms with E-state index >= 15 is 0 Å². The van der Waals surface area contributed by atoms with E-state index in [2.05, 4.69) is 15.9 Å². The van der Waals surface area contributed by atoms with Gasteiger partial charge in [0.2, 0.25) is 0 Å². The van der Waals surface area contributed by atoms with Crippen LogP contribution in [-0.4, -0.2) is 12.2 Å². The van der Waals surface area contributed by atoms with Gasteiger partial charge in [-0.15, -0.1) is 0 Å². The Balaban J connectivity index is 3.41. The molecule has 0 radical (unpaired) electrons. The van der Waals surface area contributed by atoms with E-state index < -0.39 is 0 Å². The molecule has 0 saturated carbocycles. The summed E-state index contributed by atoms with van der Waals surface area (Å²) in [5.74, 6) is 0.764. The van der Waals surface area contributed by atoms with Crippen molar-refractivity contribution >= 4 is 15.9 Å². The van der Waals surface area contributed by atoms with Gasteiger partial charge >= 0.3 is 0 Å². The van der Waals surface area contributed by atoms with Gasteiger partial charge in [0.1, 0.15) is 5.75 Å². The molecule has 0 aromatic heterocycles. The van der Waals surface area contributed by atoms with E-state index in [0.717, 1.165) is 26.9 Å². The molecule has 1 rings (SSSR count). The molecule has 0 atom stereocenters. The van der Waals surface area contributed by atoms with Crippen LogP contribution in [0.5, 0.6) is 5.75 Å². The van der Waals surface area contributed by atoms with Crippen molar-refractivity contribution in [1.29, 1.82) is 0 Å². The van der Waals surface area contributed by atoms with Gasteiger partial charge in [-0.3, -0.25) is 0 Å². The van der Waals surface area contributed by atoms with E-state index in [1.54, 1.807) is 7.11 Å². The Hall–Kier alpha value is -0.540. The summed E-state index contributed by atoms with van der Waals surface area (Å²) in [4.78, 5) is 0. The second-order valence-corrected chi connectivity index (χ2v) is 3.79. The molecule has 1 N–H and O–H groups in total. The SMILES string of the molecule is COc1c(C)cc(C)c(Br)c1CO. The average molecular weight is 245 g/mol. The van der Waals surface area contributed by atoms with Gasteiger partial charge in [-0.1, -0.05) is 22.0 Å². The van der Waals surface area contributed by atoms with Crippen molar-refractivity contribution in [2.75, 3.05) is 7.11 Å². The fourth-order valence-corrected chi connectivity index (χ4v) is 1.87. The summed E-state index contributed by atoms with van der Waals surface area (Å²) in [6, 6.07) is 2.03. The van der Waals surface area contributed by atoms with Gasteiger partial charge in [0.25, 0.3) is 0 Å². The molecule has 0 aliphatic rings. The van der Waals surface area contributed by atoms with Crippen molar-refractivity contribution in [1.82, 2.24) is 0 Å². The van der Waals surface area contributed by atoms with Crippen molar-refractivity contribution in [2.24, 2.45) is 0 Å². The lowest BCUT2D eigenvalue weighted by Gasteiger charge is -2.13. The van der Waals surface area contributed by atoms with E-state index in [-0.39, 0.29) is 6.61 Å². The minimum Gasteiger partial charge on any atom is -0.496 e. The van der Waals surface area contributed by atoms with Crippen LogP contribution in [0.25, 0.3) is 0 Å². The number of methoxy groups -OCH3 is 1. The Bertz CT molecular complexity index is 321. The van der Waals surface area contributed by atoms with Crippen molar-refractivity contribution < 1.29 is 9.84 Å². The maximum absolute atomic E-state index is 9.17. The first-order chi connectivity index (χ1) is 6.11. The minimum atomic E-state index is -0.00766. The highest BCUT2D eigenvalue weighted by Gasteiger charge is 2.11. The number of rotatable bonds is 2. The number of aryl methyl sites for hydroxylation is 2. The van der Waals surface area contributed by atoms with Crippen molar-refractivity contribution in [3.05, 3.63) is 27.2 Å². The number of aliphatic hydroxyl groups is 1. The predicted molar refractivity (Wildman–Crippen MR) is 56.1 cm³/mol. The molecular weight excluding hydrogens is 232 g/mol. The Morgan fingerprint density at radius 3 is 2.46 bits per heavy atom. The molecule has 3 heteroatoms. The summed E-state index contributed by atoms with van der Waals surface area (Å²) >= 11 is 3.43. The van der Waals surface area contributed by atoms with Gasteiger partial charge < -0.3 is 9.84 Å². The number of aliphatic hydroxyl groups excluding tert-OH is 1. The molecule has 0 amide bonds. The standard InChI is InChI=1S/C10H13BrO2/c1-6-4-7(2)10(13-3)8(5-12)9(6)11/h4,12H,5H2,1-3H3. The van der Waals surface area contributed by atoms with Gasteiger partial charge in [-0.2, -0.15) is 0 Å². The zero-order valence-electron chi connectivity index (χ0n) is 8.02. The van der Waals surface area contributed by atoms with Gasteiger partial charge in [-0.05, 0) is 25.0 Å². The molecule has 0 aliphatic heterocycles. The monoisotopic (exact) mass is 244 g/mol. The Morgan fingerprint density at radius 1 is 1.38 bits per heavy atom. The summed E-state index contributed by atoms with van der Waals surface area (Å²) in [6.45, 7) is 3.96. The molecule has 1 aromatic carbocycles. The molecule has 0 unspecified atom stereocenters. The predicted octanol–water partition coefficient (Wildman–Crippen LogP) is 2.57. The fraction of sp³-hybridized carbons (Fsp3) is 0.400. The van der Waals surface area contributed by atoms with Crippen LogP contribution >= 0.6 is 15.9 Å². The number of halogens is 1. The fourth-order valence-electron chi connectivity index (χ4n) is 1.45. The maximum atomic E-state index is 9.17. The molecule has 0 heterocycles. The summed E-state index contributed by atoms with van der Waals surface area (Å²) < 4.78 is 6.14. The largest absolute Gasteiger partial charge is 0.496 e. The molecule has 0 spiro atoms. The third kappa shape index (κ3) is 1.86. The zero-order chi connectivity index (χ0) is 10.0.